The molecule has 1 aromatic heterocycles. The number of amides is 1. The minimum atomic E-state index is -0.234. The summed E-state index contributed by atoms with van der Waals surface area (Å²) in [5.41, 5.74) is 6.39. The standard InChI is InChI=1S/C12H20N4O/c13-12(17)9-16-6-3-10(4-7-16)15-8-11-2-1-5-14-11/h1-2,5,10,14-15H,3-4,6-9H2,(H2,13,17). The van der Waals surface area contributed by atoms with Crippen LogP contribution in [0, 0.1) is 0 Å². The van der Waals surface area contributed by atoms with E-state index < -0.39 is 0 Å². The van der Waals surface area contributed by atoms with E-state index in [9.17, 15) is 4.79 Å². The van der Waals surface area contributed by atoms with Crippen LogP contribution in [0.3, 0.4) is 0 Å². The summed E-state index contributed by atoms with van der Waals surface area (Å²) in [4.78, 5) is 16.1. The van der Waals surface area contributed by atoms with Crippen LogP contribution in [0.4, 0.5) is 0 Å². The van der Waals surface area contributed by atoms with Gasteiger partial charge in [-0.05, 0) is 25.0 Å². The predicted molar refractivity (Wildman–Crippen MR) is 66.3 cm³/mol. The van der Waals surface area contributed by atoms with Gasteiger partial charge in [0.1, 0.15) is 0 Å². The van der Waals surface area contributed by atoms with Crippen LogP contribution in [0.2, 0.25) is 0 Å². The van der Waals surface area contributed by atoms with E-state index in [1.165, 1.54) is 5.69 Å². The second kappa shape index (κ2) is 5.84. The fraction of sp³-hybridized carbons (Fsp3) is 0.583. The molecule has 1 saturated heterocycles. The van der Waals surface area contributed by atoms with Crippen molar-refractivity contribution in [3.63, 3.8) is 0 Å². The SMILES string of the molecule is NC(=O)CN1CCC(NCc2ccc[nH]2)CC1. The van der Waals surface area contributed by atoms with Crippen molar-refractivity contribution in [3.05, 3.63) is 24.0 Å². The van der Waals surface area contributed by atoms with Gasteiger partial charge in [0.2, 0.25) is 5.91 Å². The molecule has 1 amide bonds. The van der Waals surface area contributed by atoms with Gasteiger partial charge in [-0.15, -0.1) is 0 Å². The normalized spacial score (nSPS) is 18.4. The number of nitrogens with zero attached hydrogens (tertiary/aromatic N) is 1. The average molecular weight is 236 g/mol. The van der Waals surface area contributed by atoms with E-state index in [4.69, 9.17) is 5.73 Å². The van der Waals surface area contributed by atoms with Crippen molar-refractivity contribution in [1.82, 2.24) is 15.2 Å². The maximum atomic E-state index is 10.8. The van der Waals surface area contributed by atoms with Crippen molar-refractivity contribution in [1.29, 1.82) is 0 Å². The molecule has 1 aromatic rings. The highest BCUT2D eigenvalue weighted by molar-refractivity contribution is 5.75. The lowest BCUT2D eigenvalue weighted by atomic mass is 10.0. The number of carbonyl (C=O) groups excluding carboxylic acids is 1. The molecule has 5 nitrogen and oxygen atoms in total. The molecule has 0 bridgehead atoms. The molecule has 0 saturated carbocycles. The van der Waals surface area contributed by atoms with Gasteiger partial charge >= 0.3 is 0 Å². The molecule has 0 unspecified atom stereocenters. The van der Waals surface area contributed by atoms with Crippen LogP contribution < -0.4 is 11.1 Å². The number of carbonyl (C=O) groups is 1. The molecule has 0 aliphatic carbocycles. The first kappa shape index (κ1) is 12.1. The van der Waals surface area contributed by atoms with E-state index in [1.54, 1.807) is 0 Å². The fourth-order valence-electron chi connectivity index (χ4n) is 2.25. The molecule has 2 heterocycles. The van der Waals surface area contributed by atoms with Gasteiger partial charge in [0.15, 0.2) is 0 Å². The second-order valence-electron chi connectivity index (χ2n) is 4.59. The second-order valence-corrected chi connectivity index (χ2v) is 4.59. The number of aromatic amines is 1. The zero-order chi connectivity index (χ0) is 12.1. The number of aromatic nitrogens is 1. The van der Waals surface area contributed by atoms with E-state index in [2.05, 4.69) is 21.3 Å². The number of likely N-dealkylation sites (tertiary alicyclic amines) is 1. The van der Waals surface area contributed by atoms with E-state index in [1.807, 2.05) is 12.3 Å². The molecule has 1 aliphatic heterocycles. The molecular weight excluding hydrogens is 216 g/mol. The first-order chi connectivity index (χ1) is 8.24. The van der Waals surface area contributed by atoms with Crippen molar-refractivity contribution >= 4 is 5.91 Å². The summed E-state index contributed by atoms with van der Waals surface area (Å²) in [6.07, 6.45) is 4.09. The van der Waals surface area contributed by atoms with E-state index in [-0.39, 0.29) is 5.91 Å². The summed E-state index contributed by atoms with van der Waals surface area (Å²) in [5.74, 6) is -0.234. The highest BCUT2D eigenvalue weighted by Crippen LogP contribution is 2.10. The molecule has 1 fully saturated rings. The topological polar surface area (TPSA) is 74.2 Å². The van der Waals surface area contributed by atoms with Crippen molar-refractivity contribution in [2.45, 2.75) is 25.4 Å². The van der Waals surface area contributed by atoms with Crippen molar-refractivity contribution in [2.75, 3.05) is 19.6 Å². The molecular formula is C12H20N4O. The minimum absolute atomic E-state index is 0.234. The Morgan fingerprint density at radius 3 is 2.88 bits per heavy atom. The number of piperidine rings is 1. The van der Waals surface area contributed by atoms with Crippen molar-refractivity contribution < 1.29 is 4.79 Å². The third-order valence-corrected chi connectivity index (χ3v) is 3.21. The number of nitrogens with two attached hydrogens (primary N) is 1. The maximum absolute atomic E-state index is 10.8. The van der Waals surface area contributed by atoms with Crippen LogP contribution in [0.15, 0.2) is 18.3 Å². The first-order valence-electron chi connectivity index (χ1n) is 6.10. The summed E-state index contributed by atoms with van der Waals surface area (Å²) in [6.45, 7) is 3.17. The molecule has 4 N–H and O–H groups in total. The molecule has 2 rings (SSSR count). The lowest BCUT2D eigenvalue weighted by Crippen LogP contribution is -2.45. The number of rotatable bonds is 5. The lowest BCUT2D eigenvalue weighted by molar-refractivity contribution is -0.119. The smallest absolute Gasteiger partial charge is 0.231 e. The monoisotopic (exact) mass is 236 g/mol. The summed E-state index contributed by atoms with van der Waals surface area (Å²) in [6, 6.07) is 4.63. The molecule has 0 aromatic carbocycles. The Morgan fingerprint density at radius 1 is 1.53 bits per heavy atom. The molecule has 17 heavy (non-hydrogen) atoms. The van der Waals surface area contributed by atoms with Crippen LogP contribution in [0.5, 0.6) is 0 Å². The van der Waals surface area contributed by atoms with Crippen LogP contribution in [0.1, 0.15) is 18.5 Å². The van der Waals surface area contributed by atoms with Gasteiger partial charge in [0.25, 0.3) is 0 Å². The van der Waals surface area contributed by atoms with Gasteiger partial charge in [-0.1, -0.05) is 0 Å². The van der Waals surface area contributed by atoms with Gasteiger partial charge in [-0.2, -0.15) is 0 Å². The number of hydrogen-bond donors (Lipinski definition) is 3. The van der Waals surface area contributed by atoms with E-state index in [0.29, 0.717) is 12.6 Å². The Bertz CT molecular complexity index is 341. The number of nitrogens with one attached hydrogen (secondary N) is 2. The molecule has 0 atom stereocenters. The van der Waals surface area contributed by atoms with Gasteiger partial charge in [-0.25, -0.2) is 0 Å². The molecule has 0 radical (unpaired) electrons. The van der Waals surface area contributed by atoms with E-state index >= 15 is 0 Å². The minimum Gasteiger partial charge on any atom is -0.369 e. The zero-order valence-electron chi connectivity index (χ0n) is 9.98. The van der Waals surface area contributed by atoms with Crippen LogP contribution >= 0.6 is 0 Å². The van der Waals surface area contributed by atoms with Gasteiger partial charge in [0.05, 0.1) is 6.54 Å². The third kappa shape index (κ3) is 3.87. The summed E-state index contributed by atoms with van der Waals surface area (Å²) in [7, 11) is 0. The highest BCUT2D eigenvalue weighted by atomic mass is 16.1. The van der Waals surface area contributed by atoms with Crippen LogP contribution in [-0.4, -0.2) is 41.5 Å². The Balaban J connectivity index is 1.67. The Labute approximate surface area is 101 Å². The number of H-pyrrole nitrogens is 1. The number of primary amides is 1. The van der Waals surface area contributed by atoms with E-state index in [0.717, 1.165) is 32.5 Å². The summed E-state index contributed by atoms with van der Waals surface area (Å²) >= 11 is 0. The zero-order valence-corrected chi connectivity index (χ0v) is 9.98. The maximum Gasteiger partial charge on any atom is 0.231 e. The molecule has 5 heteroatoms. The third-order valence-electron chi connectivity index (χ3n) is 3.21. The quantitative estimate of drug-likeness (QED) is 0.676. The van der Waals surface area contributed by atoms with Gasteiger partial charge < -0.3 is 16.0 Å². The van der Waals surface area contributed by atoms with Crippen LogP contribution in [0.25, 0.3) is 0 Å². The Morgan fingerprint density at radius 2 is 2.29 bits per heavy atom. The fourth-order valence-corrected chi connectivity index (χ4v) is 2.25. The number of hydrogen-bond acceptors (Lipinski definition) is 3. The lowest BCUT2D eigenvalue weighted by Gasteiger charge is -2.31. The van der Waals surface area contributed by atoms with Crippen molar-refractivity contribution in [3.8, 4) is 0 Å². The Kier molecular flexibility index (Phi) is 4.17. The van der Waals surface area contributed by atoms with Crippen LogP contribution in [-0.2, 0) is 11.3 Å². The highest BCUT2D eigenvalue weighted by Gasteiger charge is 2.19. The Hall–Kier alpha value is -1.33. The summed E-state index contributed by atoms with van der Waals surface area (Å²) in [5, 5.41) is 3.52. The van der Waals surface area contributed by atoms with Gasteiger partial charge in [-0.3, -0.25) is 9.69 Å². The van der Waals surface area contributed by atoms with Crippen molar-refractivity contribution in [2.24, 2.45) is 5.73 Å². The van der Waals surface area contributed by atoms with Gasteiger partial charge in [0, 0.05) is 37.6 Å². The average Bonchev–Trinajstić information content (AvgIpc) is 2.80. The molecule has 94 valence electrons. The molecule has 0 spiro atoms. The summed E-state index contributed by atoms with van der Waals surface area (Å²) < 4.78 is 0. The first-order valence-corrected chi connectivity index (χ1v) is 6.10. The molecule has 1 aliphatic rings. The predicted octanol–water partition coefficient (Wildman–Crippen LogP) is 0.0540. The largest absolute Gasteiger partial charge is 0.369 e.